The average molecular weight is 945 g/mol. The summed E-state index contributed by atoms with van der Waals surface area (Å²) in [5.74, 6) is 0.337. The number of rotatable bonds is 13. The predicted octanol–water partition coefficient (Wildman–Crippen LogP) is 8.17. The summed E-state index contributed by atoms with van der Waals surface area (Å²) in [5.41, 5.74) is 3.21. The van der Waals surface area contributed by atoms with Crippen molar-refractivity contribution in [3.8, 4) is 11.5 Å². The van der Waals surface area contributed by atoms with Crippen molar-refractivity contribution in [3.05, 3.63) is 107 Å². The molecule has 0 aliphatic carbocycles. The lowest BCUT2D eigenvalue weighted by Gasteiger charge is -2.25. The maximum Gasteiger partial charge on any atom is 0.248 e. The molecular formula is C46H45Cl2F2N9O7. The Morgan fingerprint density at radius 2 is 1.38 bits per heavy atom. The lowest BCUT2D eigenvalue weighted by Crippen LogP contribution is -2.33. The number of hydrogen-bond acceptors (Lipinski definition) is 14. The number of likely N-dealkylation sites (N-methyl/N-ethyl adjacent to an activating group) is 1. The molecule has 4 aromatic carbocycles. The summed E-state index contributed by atoms with van der Waals surface area (Å²) < 4.78 is 50.2. The Morgan fingerprint density at radius 3 is 1.89 bits per heavy atom. The van der Waals surface area contributed by atoms with Crippen LogP contribution in [0.25, 0.3) is 21.8 Å². The topological polar surface area (TPSA) is 185 Å². The summed E-state index contributed by atoms with van der Waals surface area (Å²) in [6.07, 6.45) is 6.94. The molecule has 20 heteroatoms. The first kappa shape index (κ1) is 46.3. The Labute approximate surface area is 387 Å². The fourth-order valence-electron chi connectivity index (χ4n) is 7.33. The van der Waals surface area contributed by atoms with Gasteiger partial charge < -0.3 is 44.9 Å². The number of nitrogens with one attached hydrogen (secondary N) is 3. The summed E-state index contributed by atoms with van der Waals surface area (Å²) in [5, 5.41) is 20.8. The highest BCUT2D eigenvalue weighted by atomic mass is 35.5. The molecule has 9 rings (SSSR count). The molecule has 6 aromatic rings. The molecule has 0 radical (unpaired) electrons. The first-order valence-electron chi connectivity index (χ1n) is 21.0. The third-order valence-corrected chi connectivity index (χ3v) is 11.2. The molecule has 0 bridgehead atoms. The van der Waals surface area contributed by atoms with Gasteiger partial charge in [0.2, 0.25) is 11.8 Å². The largest absolute Gasteiger partial charge is 0.486 e. The number of ether oxygens (including phenoxy) is 4. The van der Waals surface area contributed by atoms with E-state index >= 15 is 0 Å². The predicted molar refractivity (Wildman–Crippen MR) is 247 cm³/mol. The van der Waals surface area contributed by atoms with Crippen LogP contribution in [0.3, 0.4) is 0 Å². The van der Waals surface area contributed by atoms with Crippen molar-refractivity contribution in [2.75, 3.05) is 67.9 Å². The van der Waals surface area contributed by atoms with Gasteiger partial charge in [0.25, 0.3) is 0 Å². The number of halogens is 4. The molecule has 66 heavy (non-hydrogen) atoms. The number of benzene rings is 4. The molecule has 3 saturated heterocycles. The first-order chi connectivity index (χ1) is 31.9. The van der Waals surface area contributed by atoms with Crippen LogP contribution in [-0.2, 0) is 19.1 Å². The number of aromatic nitrogens is 4. The van der Waals surface area contributed by atoms with E-state index in [1.54, 1.807) is 42.5 Å². The lowest BCUT2D eigenvalue weighted by molar-refractivity contribution is -0.117. The fraction of sp³-hybridized carbons (Fsp3) is 0.304. The van der Waals surface area contributed by atoms with Gasteiger partial charge in [-0.25, -0.2) is 28.7 Å². The average Bonchev–Trinajstić information content (AvgIpc) is 4.08. The van der Waals surface area contributed by atoms with Crippen LogP contribution >= 0.6 is 23.2 Å². The molecule has 3 aliphatic rings. The van der Waals surface area contributed by atoms with E-state index in [0.717, 1.165) is 12.8 Å². The number of carbonyl (C=O) groups is 2. The monoisotopic (exact) mass is 943 g/mol. The number of hydrogen-bond donors (Lipinski definition) is 4. The molecule has 3 aliphatic heterocycles. The van der Waals surface area contributed by atoms with Crippen LogP contribution in [0.1, 0.15) is 25.7 Å². The number of aliphatic hydroxyl groups excluding tert-OH is 1. The number of amides is 2. The molecule has 2 amide bonds. The molecule has 16 nitrogen and oxygen atoms in total. The Kier molecular flexibility index (Phi) is 14.7. The standard InChI is InChI=1S/C24H25ClFN5O3.C22H20ClFN4O4/c1-31(2)8-3-4-23(32)30-21-11-17-20(12-22(21)34-16-7-9-33-13-16)27-14-28-24(17)29-15-5-6-19(26)18(25)10-15;23-15-7-12(1-2-16(15)24)27-22-14-8-18(28-20(29)3-4-21(28)30)19(9-17(14)25-11-26-22)32-13-5-6-31-10-13/h3-6,10-12,14,16H,7-9,13H2,1-2H3,(H,30,32)(H,27,28,29);1-2,7-9,11,13,20,29H,3-6,10H2,(H,25,26,27)/b4-3+;. The van der Waals surface area contributed by atoms with Crippen molar-refractivity contribution in [1.29, 1.82) is 0 Å². The Balaban J connectivity index is 0.000000180. The molecule has 4 N–H and O–H groups in total. The molecule has 3 atom stereocenters. The second kappa shape index (κ2) is 20.9. The minimum absolute atomic E-state index is 0.00436. The highest BCUT2D eigenvalue weighted by molar-refractivity contribution is 6.31. The van der Waals surface area contributed by atoms with E-state index in [9.17, 15) is 23.5 Å². The number of fused-ring (bicyclic) bond motifs is 2. The minimum atomic E-state index is -0.945. The van der Waals surface area contributed by atoms with E-state index in [1.165, 1.54) is 47.9 Å². The van der Waals surface area contributed by atoms with Gasteiger partial charge >= 0.3 is 0 Å². The van der Waals surface area contributed by atoms with E-state index in [0.29, 0.717) is 107 Å². The zero-order chi connectivity index (χ0) is 46.3. The van der Waals surface area contributed by atoms with Crippen molar-refractivity contribution in [1.82, 2.24) is 24.8 Å². The van der Waals surface area contributed by atoms with Gasteiger partial charge in [0.05, 0.1) is 58.9 Å². The van der Waals surface area contributed by atoms with Gasteiger partial charge in [-0.3, -0.25) is 14.5 Å². The smallest absolute Gasteiger partial charge is 0.248 e. The normalized spacial score (nSPS) is 18.3. The lowest BCUT2D eigenvalue weighted by atomic mass is 10.1. The third kappa shape index (κ3) is 11.2. The second-order valence-electron chi connectivity index (χ2n) is 15.8. The maximum atomic E-state index is 13.6. The second-order valence-corrected chi connectivity index (χ2v) is 16.6. The van der Waals surface area contributed by atoms with Crippen molar-refractivity contribution >= 4 is 91.2 Å². The highest BCUT2D eigenvalue weighted by Crippen LogP contribution is 2.40. The summed E-state index contributed by atoms with van der Waals surface area (Å²) in [4.78, 5) is 45.7. The molecule has 0 saturated carbocycles. The third-order valence-electron chi connectivity index (χ3n) is 10.6. The Hall–Kier alpha value is -6.28. The van der Waals surface area contributed by atoms with E-state index in [1.807, 2.05) is 19.0 Å². The van der Waals surface area contributed by atoms with Crippen LogP contribution < -0.4 is 30.3 Å². The Morgan fingerprint density at radius 1 is 0.818 bits per heavy atom. The van der Waals surface area contributed by atoms with Crippen LogP contribution in [0.2, 0.25) is 10.0 Å². The SMILES string of the molecule is CN(C)C/C=C/C(=O)Nc1cc2c(Nc3ccc(F)c(Cl)c3)ncnc2cc1OC1CCOC1.O=C1CCC(O)N1c1cc2c(Nc3ccc(F)c(Cl)c3)ncnc2cc1OC1CCOC1. The summed E-state index contributed by atoms with van der Waals surface area (Å²) in [6, 6.07) is 15.5. The van der Waals surface area contributed by atoms with Crippen molar-refractivity contribution in [2.24, 2.45) is 0 Å². The fourth-order valence-corrected chi connectivity index (χ4v) is 7.69. The quantitative estimate of drug-likeness (QED) is 0.0813. The van der Waals surface area contributed by atoms with Crippen LogP contribution in [0.15, 0.2) is 85.5 Å². The number of nitrogens with zero attached hydrogens (tertiary/aromatic N) is 6. The van der Waals surface area contributed by atoms with Gasteiger partial charge in [-0.1, -0.05) is 29.3 Å². The molecule has 2 aromatic heterocycles. The zero-order valence-electron chi connectivity index (χ0n) is 35.8. The number of carbonyl (C=O) groups excluding carboxylic acids is 2. The van der Waals surface area contributed by atoms with Gasteiger partial charge in [0, 0.05) is 72.6 Å². The van der Waals surface area contributed by atoms with E-state index < -0.39 is 17.9 Å². The van der Waals surface area contributed by atoms with Crippen molar-refractivity contribution in [2.45, 2.75) is 44.1 Å². The van der Waals surface area contributed by atoms with Gasteiger partial charge in [-0.05, 0) is 62.6 Å². The zero-order valence-corrected chi connectivity index (χ0v) is 37.3. The van der Waals surface area contributed by atoms with Crippen LogP contribution in [0, 0.1) is 11.6 Å². The van der Waals surface area contributed by atoms with Gasteiger partial charge in [-0.15, -0.1) is 0 Å². The van der Waals surface area contributed by atoms with E-state index in [4.69, 9.17) is 42.1 Å². The number of aliphatic hydroxyl groups is 1. The molecular weight excluding hydrogens is 899 g/mol. The molecule has 3 fully saturated rings. The van der Waals surface area contributed by atoms with Crippen molar-refractivity contribution < 1.29 is 42.4 Å². The molecule has 0 spiro atoms. The van der Waals surface area contributed by atoms with Gasteiger partial charge in [0.15, 0.2) is 0 Å². The Bertz CT molecular complexity index is 2780. The number of anilines is 6. The summed E-state index contributed by atoms with van der Waals surface area (Å²) in [6.45, 7) is 2.81. The molecule has 5 heterocycles. The molecule has 344 valence electrons. The summed E-state index contributed by atoms with van der Waals surface area (Å²) >= 11 is 11.8. The van der Waals surface area contributed by atoms with Crippen LogP contribution in [0.4, 0.5) is 43.2 Å². The minimum Gasteiger partial charge on any atom is -0.486 e. The highest BCUT2D eigenvalue weighted by Gasteiger charge is 2.34. The van der Waals surface area contributed by atoms with E-state index in [-0.39, 0.29) is 40.5 Å². The van der Waals surface area contributed by atoms with Crippen LogP contribution in [0.5, 0.6) is 11.5 Å². The van der Waals surface area contributed by atoms with Crippen LogP contribution in [-0.4, -0.2) is 107 Å². The van der Waals surface area contributed by atoms with E-state index in [2.05, 4.69) is 35.9 Å². The van der Waals surface area contributed by atoms with Gasteiger partial charge in [0.1, 0.15) is 65.9 Å². The van der Waals surface area contributed by atoms with Crippen molar-refractivity contribution in [3.63, 3.8) is 0 Å². The summed E-state index contributed by atoms with van der Waals surface area (Å²) in [7, 11) is 3.84. The molecule has 3 unspecified atom stereocenters. The van der Waals surface area contributed by atoms with Gasteiger partial charge in [-0.2, -0.15) is 0 Å². The maximum absolute atomic E-state index is 13.6. The first-order valence-corrected chi connectivity index (χ1v) is 21.8.